The van der Waals surface area contributed by atoms with Crippen molar-refractivity contribution in [3.05, 3.63) is 52.2 Å². The lowest BCUT2D eigenvalue weighted by Gasteiger charge is -2.12. The van der Waals surface area contributed by atoms with Crippen molar-refractivity contribution in [3.63, 3.8) is 0 Å². The molecule has 0 fully saturated rings. The Morgan fingerprint density at radius 1 is 1.33 bits per heavy atom. The second kappa shape index (κ2) is 5.69. The molecule has 0 aliphatic rings. The van der Waals surface area contributed by atoms with Crippen LogP contribution in [-0.2, 0) is 11.2 Å². The van der Waals surface area contributed by atoms with Crippen LogP contribution in [0.3, 0.4) is 0 Å². The molecular weight excluding hydrogens is 248 g/mol. The van der Waals surface area contributed by atoms with Crippen molar-refractivity contribution < 1.29 is 14.6 Å². The third-order valence-corrected chi connectivity index (χ3v) is 3.70. The molecule has 0 saturated carbocycles. The van der Waals surface area contributed by atoms with E-state index in [-0.39, 0.29) is 0 Å². The quantitative estimate of drug-likeness (QED) is 0.900. The highest BCUT2D eigenvalue weighted by Gasteiger charge is 2.20. The Kier molecular flexibility index (Phi) is 3.99. The van der Waals surface area contributed by atoms with Crippen molar-refractivity contribution in [2.45, 2.75) is 12.3 Å². The fraction of sp³-hybridized carbons (Fsp3) is 0.214. The van der Waals surface area contributed by atoms with Gasteiger partial charge in [-0.05, 0) is 35.6 Å². The third kappa shape index (κ3) is 2.90. The van der Waals surface area contributed by atoms with Gasteiger partial charge >= 0.3 is 5.97 Å². The Hall–Kier alpha value is -1.81. The maximum Gasteiger partial charge on any atom is 0.311 e. The summed E-state index contributed by atoms with van der Waals surface area (Å²) in [5, 5.41) is 11.3. The number of carboxylic acids is 1. The van der Waals surface area contributed by atoms with E-state index in [1.54, 1.807) is 30.6 Å². The van der Waals surface area contributed by atoms with Gasteiger partial charge in [0.1, 0.15) is 5.75 Å². The Balaban J connectivity index is 2.21. The molecule has 1 atom stereocenters. The van der Waals surface area contributed by atoms with E-state index < -0.39 is 11.9 Å². The van der Waals surface area contributed by atoms with E-state index in [1.807, 2.05) is 29.6 Å². The first kappa shape index (κ1) is 12.6. The van der Waals surface area contributed by atoms with Crippen molar-refractivity contribution in [1.82, 2.24) is 0 Å². The number of ether oxygens (including phenoxy) is 1. The zero-order valence-electron chi connectivity index (χ0n) is 10.00. The highest BCUT2D eigenvalue weighted by atomic mass is 32.1. The number of aliphatic carboxylic acids is 1. The third-order valence-electron chi connectivity index (χ3n) is 2.80. The highest BCUT2D eigenvalue weighted by molar-refractivity contribution is 7.09. The fourth-order valence-corrected chi connectivity index (χ4v) is 2.57. The molecule has 94 valence electrons. The molecule has 0 unspecified atom stereocenters. The van der Waals surface area contributed by atoms with Gasteiger partial charge in [-0.25, -0.2) is 0 Å². The van der Waals surface area contributed by atoms with Crippen molar-refractivity contribution in [2.75, 3.05) is 7.11 Å². The smallest absolute Gasteiger partial charge is 0.311 e. The lowest BCUT2D eigenvalue weighted by atomic mass is 9.95. The average molecular weight is 262 g/mol. The monoisotopic (exact) mass is 262 g/mol. The SMILES string of the molecule is COc1ccc([C@H](Cc2cccs2)C(=O)O)cc1. The number of carbonyl (C=O) groups is 1. The molecule has 3 nitrogen and oxygen atoms in total. The zero-order valence-corrected chi connectivity index (χ0v) is 10.8. The molecular formula is C14H14O3S. The number of benzene rings is 1. The molecule has 0 radical (unpaired) electrons. The van der Waals surface area contributed by atoms with Crippen molar-refractivity contribution >= 4 is 17.3 Å². The molecule has 0 spiro atoms. The molecule has 0 bridgehead atoms. The summed E-state index contributed by atoms with van der Waals surface area (Å²) in [6, 6.07) is 11.1. The van der Waals surface area contributed by atoms with Crippen LogP contribution in [0, 0.1) is 0 Å². The lowest BCUT2D eigenvalue weighted by molar-refractivity contribution is -0.138. The Morgan fingerprint density at radius 2 is 2.06 bits per heavy atom. The first-order chi connectivity index (χ1) is 8.70. The number of methoxy groups -OCH3 is 1. The van der Waals surface area contributed by atoms with Crippen molar-refractivity contribution in [2.24, 2.45) is 0 Å². The van der Waals surface area contributed by atoms with Gasteiger partial charge in [-0.3, -0.25) is 4.79 Å². The summed E-state index contributed by atoms with van der Waals surface area (Å²) in [5.41, 5.74) is 0.803. The van der Waals surface area contributed by atoms with Gasteiger partial charge in [0.05, 0.1) is 13.0 Å². The first-order valence-electron chi connectivity index (χ1n) is 5.60. The van der Waals surface area contributed by atoms with Gasteiger partial charge in [0.15, 0.2) is 0 Å². The standard InChI is InChI=1S/C14H14O3S/c1-17-11-6-4-10(5-7-11)13(14(15)16)9-12-3-2-8-18-12/h2-8,13H,9H2,1H3,(H,15,16)/t13-/m0/s1. The van der Waals surface area contributed by atoms with Gasteiger partial charge in [0, 0.05) is 4.88 Å². The number of hydrogen-bond acceptors (Lipinski definition) is 3. The molecule has 0 amide bonds. The molecule has 1 heterocycles. The number of carboxylic acid groups (broad SMARTS) is 1. The van der Waals surface area contributed by atoms with E-state index in [4.69, 9.17) is 4.74 Å². The molecule has 1 N–H and O–H groups in total. The van der Waals surface area contributed by atoms with Crippen LogP contribution in [-0.4, -0.2) is 18.2 Å². The normalized spacial score (nSPS) is 12.1. The van der Waals surface area contributed by atoms with Crippen molar-refractivity contribution in [3.8, 4) is 5.75 Å². The molecule has 0 aliphatic carbocycles. The summed E-state index contributed by atoms with van der Waals surface area (Å²) in [4.78, 5) is 12.4. The predicted octanol–water partition coefficient (Wildman–Crippen LogP) is 3.17. The number of hydrogen-bond donors (Lipinski definition) is 1. The molecule has 4 heteroatoms. The van der Waals surface area contributed by atoms with E-state index in [2.05, 4.69) is 0 Å². The van der Waals surface area contributed by atoms with Crippen LogP contribution >= 0.6 is 11.3 Å². The summed E-state index contributed by atoms with van der Waals surface area (Å²) in [7, 11) is 1.59. The lowest BCUT2D eigenvalue weighted by Crippen LogP contribution is -2.13. The Bertz CT molecular complexity index is 502. The van der Waals surface area contributed by atoms with Crippen LogP contribution < -0.4 is 4.74 Å². The summed E-state index contributed by atoms with van der Waals surface area (Å²) in [6.07, 6.45) is 0.527. The maximum atomic E-state index is 11.4. The van der Waals surface area contributed by atoms with Crippen molar-refractivity contribution in [1.29, 1.82) is 0 Å². The van der Waals surface area contributed by atoms with E-state index in [1.165, 1.54) is 0 Å². The highest BCUT2D eigenvalue weighted by Crippen LogP contribution is 2.25. The number of thiophene rings is 1. The van der Waals surface area contributed by atoms with Crippen LogP contribution in [0.1, 0.15) is 16.4 Å². The summed E-state index contributed by atoms with van der Waals surface area (Å²) >= 11 is 1.58. The maximum absolute atomic E-state index is 11.4. The van der Waals surface area contributed by atoms with Crippen LogP contribution in [0.5, 0.6) is 5.75 Å². The molecule has 1 aromatic carbocycles. The average Bonchev–Trinajstić information content (AvgIpc) is 2.89. The summed E-state index contributed by atoms with van der Waals surface area (Å²) in [5.74, 6) is -0.567. The van der Waals surface area contributed by atoms with E-state index in [0.29, 0.717) is 6.42 Å². The minimum atomic E-state index is -0.798. The largest absolute Gasteiger partial charge is 0.497 e. The van der Waals surface area contributed by atoms with E-state index in [9.17, 15) is 9.90 Å². The number of rotatable bonds is 5. The summed E-state index contributed by atoms with van der Waals surface area (Å²) < 4.78 is 5.07. The van der Waals surface area contributed by atoms with E-state index in [0.717, 1.165) is 16.2 Å². The van der Waals surface area contributed by atoms with Gasteiger partial charge < -0.3 is 9.84 Å². The molecule has 2 aromatic rings. The minimum Gasteiger partial charge on any atom is -0.497 e. The van der Waals surface area contributed by atoms with Gasteiger partial charge in [0.25, 0.3) is 0 Å². The van der Waals surface area contributed by atoms with Gasteiger partial charge in [0.2, 0.25) is 0 Å². The topological polar surface area (TPSA) is 46.5 Å². The van der Waals surface area contributed by atoms with Crippen LogP contribution in [0.15, 0.2) is 41.8 Å². The molecule has 2 rings (SSSR count). The van der Waals surface area contributed by atoms with E-state index >= 15 is 0 Å². The predicted molar refractivity (Wildman–Crippen MR) is 71.4 cm³/mol. The van der Waals surface area contributed by atoms with Gasteiger partial charge in [-0.15, -0.1) is 11.3 Å². The van der Waals surface area contributed by atoms with Crippen LogP contribution in [0.2, 0.25) is 0 Å². The Morgan fingerprint density at radius 3 is 2.56 bits per heavy atom. The molecule has 18 heavy (non-hydrogen) atoms. The molecule has 0 saturated heterocycles. The van der Waals surface area contributed by atoms with Crippen LogP contribution in [0.25, 0.3) is 0 Å². The minimum absolute atomic E-state index is 0.505. The van der Waals surface area contributed by atoms with Crippen LogP contribution in [0.4, 0.5) is 0 Å². The molecule has 1 aromatic heterocycles. The zero-order chi connectivity index (χ0) is 13.0. The second-order valence-corrected chi connectivity index (χ2v) is 4.98. The van der Waals surface area contributed by atoms with Gasteiger partial charge in [-0.1, -0.05) is 18.2 Å². The Labute approximate surface area is 110 Å². The summed E-state index contributed by atoms with van der Waals surface area (Å²) in [6.45, 7) is 0. The molecule has 0 aliphatic heterocycles. The first-order valence-corrected chi connectivity index (χ1v) is 6.48. The fourth-order valence-electron chi connectivity index (χ4n) is 1.81. The van der Waals surface area contributed by atoms with Gasteiger partial charge in [-0.2, -0.15) is 0 Å². The second-order valence-electron chi connectivity index (χ2n) is 3.95.